The predicted octanol–water partition coefficient (Wildman–Crippen LogP) is 5.25. The zero-order valence-corrected chi connectivity index (χ0v) is 14.9. The number of hydrogen-bond acceptors (Lipinski definition) is 2. The Morgan fingerprint density at radius 3 is 2.30 bits per heavy atom. The molecule has 0 saturated heterocycles. The van der Waals surface area contributed by atoms with Crippen molar-refractivity contribution in [2.75, 3.05) is 6.54 Å². The van der Waals surface area contributed by atoms with E-state index in [-0.39, 0.29) is 0 Å². The second-order valence-corrected chi connectivity index (χ2v) is 9.52. The molecule has 0 spiro atoms. The van der Waals surface area contributed by atoms with Gasteiger partial charge in [0.1, 0.15) is 0 Å². The summed E-state index contributed by atoms with van der Waals surface area (Å²) >= 11 is 2.35. The van der Waals surface area contributed by atoms with Crippen LogP contribution in [0.4, 0.5) is 0 Å². The maximum Gasteiger partial charge on any atom is 0.0206 e. The molecule has 0 aromatic heterocycles. The first-order chi connectivity index (χ1) is 9.50. The van der Waals surface area contributed by atoms with Crippen molar-refractivity contribution in [3.8, 4) is 0 Å². The molecule has 2 aliphatic carbocycles. The maximum absolute atomic E-state index is 3.78. The van der Waals surface area contributed by atoms with Crippen molar-refractivity contribution in [1.29, 1.82) is 0 Å². The molecular formula is C18H35NS. The predicted molar refractivity (Wildman–Crippen MR) is 92.5 cm³/mol. The fraction of sp³-hybridized carbons (Fsp3) is 1.00. The first-order valence-corrected chi connectivity index (χ1v) is 9.84. The van der Waals surface area contributed by atoms with Crippen LogP contribution in [0.5, 0.6) is 0 Å². The number of hydrogen-bond donors (Lipinski definition) is 1. The zero-order chi connectivity index (χ0) is 14.6. The molecule has 0 aliphatic heterocycles. The van der Waals surface area contributed by atoms with E-state index in [2.05, 4.69) is 44.8 Å². The topological polar surface area (TPSA) is 12.0 Å². The van der Waals surface area contributed by atoms with E-state index in [1.807, 2.05) is 0 Å². The van der Waals surface area contributed by atoms with E-state index in [0.29, 0.717) is 5.41 Å². The van der Waals surface area contributed by atoms with Crippen LogP contribution >= 0.6 is 11.8 Å². The number of rotatable bonds is 4. The van der Waals surface area contributed by atoms with Crippen LogP contribution < -0.4 is 5.32 Å². The summed E-state index contributed by atoms with van der Waals surface area (Å²) in [5.74, 6) is 0.915. The van der Waals surface area contributed by atoms with Gasteiger partial charge < -0.3 is 5.32 Å². The van der Waals surface area contributed by atoms with Gasteiger partial charge >= 0.3 is 0 Å². The van der Waals surface area contributed by atoms with Gasteiger partial charge in [0, 0.05) is 16.5 Å². The summed E-state index contributed by atoms with van der Waals surface area (Å²) < 4.78 is 0. The van der Waals surface area contributed by atoms with E-state index in [1.54, 1.807) is 0 Å². The van der Waals surface area contributed by atoms with E-state index in [4.69, 9.17) is 0 Å². The lowest BCUT2D eigenvalue weighted by atomic mass is 9.71. The minimum Gasteiger partial charge on any atom is -0.313 e. The molecule has 0 aromatic rings. The van der Waals surface area contributed by atoms with E-state index < -0.39 is 0 Å². The summed E-state index contributed by atoms with van der Waals surface area (Å²) in [4.78, 5) is 0. The van der Waals surface area contributed by atoms with Gasteiger partial charge in [-0.25, -0.2) is 0 Å². The van der Waals surface area contributed by atoms with Crippen molar-refractivity contribution >= 4 is 11.8 Å². The molecule has 2 heteroatoms. The Balaban J connectivity index is 1.94. The van der Waals surface area contributed by atoms with Crippen LogP contribution in [-0.4, -0.2) is 23.1 Å². The SMILES string of the molecule is CCNC1CCC(C(C)(C)C)CC1SC1CCCCC1. The summed E-state index contributed by atoms with van der Waals surface area (Å²) in [6.45, 7) is 10.7. The van der Waals surface area contributed by atoms with Crippen LogP contribution in [0.25, 0.3) is 0 Å². The third kappa shape index (κ3) is 4.66. The van der Waals surface area contributed by atoms with Crippen LogP contribution in [0.15, 0.2) is 0 Å². The largest absolute Gasteiger partial charge is 0.313 e. The first kappa shape index (κ1) is 16.7. The standard InChI is InChI=1S/C18H35NS/c1-5-19-16-12-11-14(18(2,3)4)13-17(16)20-15-9-7-6-8-10-15/h14-17,19H,5-13H2,1-4H3. The molecule has 3 unspecified atom stereocenters. The minimum atomic E-state index is 0.489. The summed E-state index contributed by atoms with van der Waals surface area (Å²) in [5, 5.41) is 5.59. The third-order valence-electron chi connectivity index (χ3n) is 5.40. The highest BCUT2D eigenvalue weighted by atomic mass is 32.2. The number of thioether (sulfide) groups is 1. The second-order valence-electron chi connectivity index (χ2n) is 7.97. The van der Waals surface area contributed by atoms with Crippen molar-refractivity contribution in [2.24, 2.45) is 11.3 Å². The average molecular weight is 298 g/mol. The molecule has 118 valence electrons. The van der Waals surface area contributed by atoms with Gasteiger partial charge in [-0.05, 0) is 50.0 Å². The molecule has 2 aliphatic rings. The molecule has 0 bridgehead atoms. The lowest BCUT2D eigenvalue weighted by Crippen LogP contribution is -2.45. The second kappa shape index (κ2) is 7.54. The highest BCUT2D eigenvalue weighted by Crippen LogP contribution is 2.44. The van der Waals surface area contributed by atoms with Gasteiger partial charge in [0.05, 0.1) is 0 Å². The Morgan fingerprint density at radius 2 is 1.70 bits per heavy atom. The van der Waals surface area contributed by atoms with Crippen molar-refractivity contribution in [2.45, 2.75) is 95.6 Å². The fourth-order valence-electron chi connectivity index (χ4n) is 4.01. The minimum absolute atomic E-state index is 0.489. The normalized spacial score (nSPS) is 33.3. The van der Waals surface area contributed by atoms with Crippen molar-refractivity contribution in [1.82, 2.24) is 5.32 Å². The molecule has 0 radical (unpaired) electrons. The van der Waals surface area contributed by atoms with Crippen LogP contribution in [-0.2, 0) is 0 Å². The molecule has 2 rings (SSSR count). The van der Waals surface area contributed by atoms with Crippen LogP contribution in [0.1, 0.15) is 79.1 Å². The van der Waals surface area contributed by atoms with E-state index in [9.17, 15) is 0 Å². The maximum atomic E-state index is 3.78. The van der Waals surface area contributed by atoms with Gasteiger partial charge in [-0.15, -0.1) is 0 Å². The molecule has 2 saturated carbocycles. The molecule has 1 nitrogen and oxygen atoms in total. The number of nitrogens with one attached hydrogen (secondary N) is 1. The van der Waals surface area contributed by atoms with Gasteiger partial charge in [0.2, 0.25) is 0 Å². The van der Waals surface area contributed by atoms with Gasteiger partial charge in [0.15, 0.2) is 0 Å². The Labute approximate surface area is 131 Å². The molecule has 1 N–H and O–H groups in total. The van der Waals surface area contributed by atoms with Crippen molar-refractivity contribution in [3.63, 3.8) is 0 Å². The lowest BCUT2D eigenvalue weighted by Gasteiger charge is -2.43. The summed E-state index contributed by atoms with van der Waals surface area (Å²) in [6, 6.07) is 0.769. The molecule has 20 heavy (non-hydrogen) atoms. The molecule has 0 aromatic carbocycles. The van der Waals surface area contributed by atoms with E-state index >= 15 is 0 Å². The van der Waals surface area contributed by atoms with Gasteiger partial charge in [-0.2, -0.15) is 11.8 Å². The Bertz CT molecular complexity index is 278. The van der Waals surface area contributed by atoms with E-state index in [1.165, 1.54) is 51.4 Å². The summed E-state index contributed by atoms with van der Waals surface area (Å²) in [6.07, 6.45) is 11.6. The van der Waals surface area contributed by atoms with Crippen LogP contribution in [0.2, 0.25) is 0 Å². The van der Waals surface area contributed by atoms with Crippen molar-refractivity contribution in [3.05, 3.63) is 0 Å². The smallest absolute Gasteiger partial charge is 0.0206 e. The van der Waals surface area contributed by atoms with Crippen molar-refractivity contribution < 1.29 is 0 Å². The van der Waals surface area contributed by atoms with Gasteiger partial charge in [0.25, 0.3) is 0 Å². The van der Waals surface area contributed by atoms with Gasteiger partial charge in [-0.3, -0.25) is 0 Å². The molecule has 2 fully saturated rings. The Morgan fingerprint density at radius 1 is 1.00 bits per heavy atom. The Hall–Kier alpha value is 0.310. The first-order valence-electron chi connectivity index (χ1n) is 8.89. The highest BCUT2D eigenvalue weighted by Gasteiger charge is 2.36. The monoisotopic (exact) mass is 297 g/mol. The average Bonchev–Trinajstić information content (AvgIpc) is 2.41. The molecule has 0 amide bonds. The zero-order valence-electron chi connectivity index (χ0n) is 14.1. The quantitative estimate of drug-likeness (QED) is 0.761. The Kier molecular flexibility index (Phi) is 6.28. The van der Waals surface area contributed by atoms with Gasteiger partial charge in [-0.1, -0.05) is 47.0 Å². The molecular weight excluding hydrogens is 262 g/mol. The van der Waals surface area contributed by atoms with E-state index in [0.717, 1.165) is 29.0 Å². The third-order valence-corrected chi connectivity index (χ3v) is 7.13. The van der Waals surface area contributed by atoms with Crippen LogP contribution in [0, 0.1) is 11.3 Å². The van der Waals surface area contributed by atoms with Crippen LogP contribution in [0.3, 0.4) is 0 Å². The molecule has 3 atom stereocenters. The molecule has 0 heterocycles. The lowest BCUT2D eigenvalue weighted by molar-refractivity contribution is 0.165. The highest BCUT2D eigenvalue weighted by molar-refractivity contribution is 8.00. The summed E-state index contributed by atoms with van der Waals surface area (Å²) in [7, 11) is 0. The fourth-order valence-corrected chi connectivity index (χ4v) is 5.88. The summed E-state index contributed by atoms with van der Waals surface area (Å²) in [5.41, 5.74) is 0.489.